The summed E-state index contributed by atoms with van der Waals surface area (Å²) >= 11 is 1.51. The molecule has 1 aromatic carbocycles. The van der Waals surface area contributed by atoms with Crippen LogP contribution in [0.3, 0.4) is 0 Å². The molecule has 0 unspecified atom stereocenters. The van der Waals surface area contributed by atoms with E-state index < -0.39 is 0 Å². The Morgan fingerprint density at radius 1 is 1.33 bits per heavy atom. The third kappa shape index (κ3) is 3.07. The number of fused-ring (bicyclic) bond motifs is 1. The van der Waals surface area contributed by atoms with Crippen LogP contribution in [-0.2, 0) is 6.54 Å². The Hall–Kier alpha value is -2.18. The van der Waals surface area contributed by atoms with Gasteiger partial charge in [0.1, 0.15) is 10.7 Å². The normalized spacial score (nSPS) is 11.2. The van der Waals surface area contributed by atoms with Gasteiger partial charge >= 0.3 is 0 Å². The molecule has 0 atom stereocenters. The van der Waals surface area contributed by atoms with Gasteiger partial charge in [0.25, 0.3) is 5.91 Å². The number of aromatic nitrogens is 2. The third-order valence-corrected chi connectivity index (χ3v) is 4.95. The topological polar surface area (TPSA) is 69.2 Å². The lowest BCUT2D eigenvalue weighted by Gasteiger charge is -2.20. The lowest BCUT2D eigenvalue weighted by atomic mass is 10.1. The maximum Gasteiger partial charge on any atom is 0.271 e. The van der Waals surface area contributed by atoms with Gasteiger partial charge in [-0.05, 0) is 38.0 Å². The van der Waals surface area contributed by atoms with Crippen molar-refractivity contribution in [2.75, 3.05) is 13.2 Å². The second kappa shape index (κ2) is 6.75. The first-order valence-electron chi connectivity index (χ1n) is 7.89. The Labute approximate surface area is 145 Å². The van der Waals surface area contributed by atoms with Crippen molar-refractivity contribution in [2.24, 2.45) is 0 Å². The molecule has 1 amide bonds. The summed E-state index contributed by atoms with van der Waals surface area (Å²) in [4.78, 5) is 22.2. The number of hydrogen-bond acceptors (Lipinski definition) is 4. The molecule has 0 aliphatic heterocycles. The number of carbonyl (C=O) groups excluding carboxylic acids is 1. The molecular weight excluding hydrogens is 322 g/mol. The number of nitrogens with zero attached hydrogens (tertiary/aromatic N) is 2. The molecule has 0 saturated carbocycles. The van der Waals surface area contributed by atoms with Crippen LogP contribution in [0.1, 0.15) is 32.2 Å². The van der Waals surface area contributed by atoms with E-state index in [9.17, 15) is 9.90 Å². The van der Waals surface area contributed by atoms with Crippen molar-refractivity contribution in [3.05, 3.63) is 51.1 Å². The Kier molecular flexibility index (Phi) is 4.69. The van der Waals surface area contributed by atoms with Crippen LogP contribution >= 0.6 is 11.3 Å². The SMILES string of the molecule is Cc1cc(C)c2[nH]c(C(=O)N(CCO)Cc3nccs3)c(C)c2c1. The van der Waals surface area contributed by atoms with Crippen LogP contribution in [0, 0.1) is 20.8 Å². The fourth-order valence-corrected chi connectivity index (χ4v) is 3.65. The van der Waals surface area contributed by atoms with Gasteiger partial charge in [0.2, 0.25) is 0 Å². The Morgan fingerprint density at radius 3 is 2.79 bits per heavy atom. The largest absolute Gasteiger partial charge is 0.395 e. The van der Waals surface area contributed by atoms with E-state index >= 15 is 0 Å². The second-order valence-electron chi connectivity index (χ2n) is 6.01. The number of carbonyl (C=O) groups is 1. The highest BCUT2D eigenvalue weighted by Gasteiger charge is 2.22. The molecule has 3 rings (SSSR count). The van der Waals surface area contributed by atoms with Crippen molar-refractivity contribution in [2.45, 2.75) is 27.3 Å². The van der Waals surface area contributed by atoms with E-state index in [2.05, 4.69) is 29.0 Å². The molecule has 0 aliphatic carbocycles. The van der Waals surface area contributed by atoms with Crippen LogP contribution in [0.15, 0.2) is 23.7 Å². The second-order valence-corrected chi connectivity index (χ2v) is 6.98. The predicted octanol–water partition coefficient (Wildman–Crippen LogP) is 3.18. The number of rotatable bonds is 5. The molecule has 6 heteroatoms. The van der Waals surface area contributed by atoms with Gasteiger partial charge in [0, 0.05) is 29.0 Å². The minimum Gasteiger partial charge on any atom is -0.395 e. The molecule has 2 N–H and O–H groups in total. The van der Waals surface area contributed by atoms with Crippen molar-refractivity contribution >= 4 is 28.1 Å². The predicted molar refractivity (Wildman–Crippen MR) is 96.5 cm³/mol. The van der Waals surface area contributed by atoms with Crippen LogP contribution in [0.5, 0.6) is 0 Å². The Morgan fingerprint density at radius 2 is 2.12 bits per heavy atom. The molecule has 0 bridgehead atoms. The van der Waals surface area contributed by atoms with Crippen LogP contribution in [-0.4, -0.2) is 39.0 Å². The van der Waals surface area contributed by atoms with E-state index in [-0.39, 0.29) is 19.1 Å². The monoisotopic (exact) mass is 343 g/mol. The van der Waals surface area contributed by atoms with E-state index in [0.29, 0.717) is 12.2 Å². The van der Waals surface area contributed by atoms with Gasteiger partial charge in [-0.2, -0.15) is 0 Å². The average Bonchev–Trinajstić information content (AvgIpc) is 3.15. The minimum atomic E-state index is -0.106. The Bertz CT molecular complexity index is 868. The van der Waals surface area contributed by atoms with Gasteiger partial charge in [0.15, 0.2) is 0 Å². The molecular formula is C18H21N3O2S. The zero-order chi connectivity index (χ0) is 17.3. The lowest BCUT2D eigenvalue weighted by molar-refractivity contribution is 0.0702. The highest BCUT2D eigenvalue weighted by molar-refractivity contribution is 7.09. The summed E-state index contributed by atoms with van der Waals surface area (Å²) in [6.45, 7) is 6.68. The first-order chi connectivity index (χ1) is 11.5. The van der Waals surface area contributed by atoms with E-state index in [1.54, 1.807) is 11.1 Å². The molecule has 3 aromatic rings. The van der Waals surface area contributed by atoms with Crippen molar-refractivity contribution < 1.29 is 9.90 Å². The van der Waals surface area contributed by atoms with Gasteiger partial charge in [-0.25, -0.2) is 4.98 Å². The summed E-state index contributed by atoms with van der Waals surface area (Å²) in [5, 5.41) is 13.2. The summed E-state index contributed by atoms with van der Waals surface area (Å²) in [6, 6.07) is 4.20. The number of aryl methyl sites for hydroxylation is 3. The Balaban J connectivity index is 1.99. The number of amides is 1. The number of benzene rings is 1. The maximum atomic E-state index is 13.0. The van der Waals surface area contributed by atoms with Crippen molar-refractivity contribution in [1.82, 2.24) is 14.9 Å². The number of H-pyrrole nitrogens is 1. The quantitative estimate of drug-likeness (QED) is 0.747. The fraction of sp³-hybridized carbons (Fsp3) is 0.333. The molecule has 0 fully saturated rings. The number of aliphatic hydroxyl groups excluding tert-OH is 1. The van der Waals surface area contributed by atoms with Gasteiger partial charge in [0.05, 0.1) is 13.2 Å². The number of aliphatic hydroxyl groups is 1. The fourth-order valence-electron chi connectivity index (χ4n) is 3.02. The van der Waals surface area contributed by atoms with Gasteiger partial charge in [-0.3, -0.25) is 4.79 Å². The zero-order valence-electron chi connectivity index (χ0n) is 14.1. The number of aromatic amines is 1. The van der Waals surface area contributed by atoms with E-state index in [1.807, 2.05) is 19.2 Å². The molecule has 0 spiro atoms. The molecule has 24 heavy (non-hydrogen) atoms. The standard InChI is InChI=1S/C18H21N3O2S/c1-11-8-12(2)16-14(9-11)13(3)17(20-16)18(23)21(5-6-22)10-15-19-4-7-24-15/h4,7-9,20,22H,5-6,10H2,1-3H3. The summed E-state index contributed by atoms with van der Waals surface area (Å²) < 4.78 is 0. The van der Waals surface area contributed by atoms with Crippen LogP contribution in [0.4, 0.5) is 0 Å². The first kappa shape index (κ1) is 16.7. The zero-order valence-corrected chi connectivity index (χ0v) is 14.9. The van der Waals surface area contributed by atoms with Crippen LogP contribution < -0.4 is 0 Å². The summed E-state index contributed by atoms with van der Waals surface area (Å²) in [7, 11) is 0. The molecule has 0 radical (unpaired) electrons. The van der Waals surface area contributed by atoms with E-state index in [4.69, 9.17) is 0 Å². The average molecular weight is 343 g/mol. The van der Waals surface area contributed by atoms with E-state index in [0.717, 1.165) is 27.0 Å². The van der Waals surface area contributed by atoms with Crippen LogP contribution in [0.25, 0.3) is 10.9 Å². The number of thiazole rings is 1. The summed E-state index contributed by atoms with van der Waals surface area (Å²) in [5.41, 5.74) is 4.84. The molecule has 5 nitrogen and oxygen atoms in total. The highest BCUT2D eigenvalue weighted by Crippen LogP contribution is 2.27. The smallest absolute Gasteiger partial charge is 0.271 e. The summed E-state index contributed by atoms with van der Waals surface area (Å²) in [5.74, 6) is -0.106. The van der Waals surface area contributed by atoms with E-state index in [1.165, 1.54) is 16.9 Å². The number of hydrogen-bond donors (Lipinski definition) is 2. The lowest BCUT2D eigenvalue weighted by Crippen LogP contribution is -2.33. The number of nitrogens with one attached hydrogen (secondary N) is 1. The van der Waals surface area contributed by atoms with Gasteiger partial charge < -0.3 is 15.0 Å². The molecule has 2 aromatic heterocycles. The molecule has 0 aliphatic rings. The van der Waals surface area contributed by atoms with Gasteiger partial charge in [-0.1, -0.05) is 11.6 Å². The molecule has 2 heterocycles. The van der Waals surface area contributed by atoms with Crippen molar-refractivity contribution in [3.8, 4) is 0 Å². The summed E-state index contributed by atoms with van der Waals surface area (Å²) in [6.07, 6.45) is 1.72. The van der Waals surface area contributed by atoms with Crippen LogP contribution in [0.2, 0.25) is 0 Å². The minimum absolute atomic E-state index is 0.0749. The molecule has 126 valence electrons. The maximum absolute atomic E-state index is 13.0. The van der Waals surface area contributed by atoms with Crippen molar-refractivity contribution in [1.29, 1.82) is 0 Å². The van der Waals surface area contributed by atoms with Crippen molar-refractivity contribution in [3.63, 3.8) is 0 Å². The first-order valence-corrected chi connectivity index (χ1v) is 8.77. The molecule has 0 saturated heterocycles. The third-order valence-electron chi connectivity index (χ3n) is 4.19. The highest BCUT2D eigenvalue weighted by atomic mass is 32.1. The van der Waals surface area contributed by atoms with Gasteiger partial charge in [-0.15, -0.1) is 11.3 Å².